The Hall–Kier alpha value is -2.64. The molecule has 3 aromatic rings. The average Bonchev–Trinajstić information content (AvgIpc) is 2.94. The predicted octanol–water partition coefficient (Wildman–Crippen LogP) is 4.44. The van der Waals surface area contributed by atoms with E-state index in [0.717, 1.165) is 16.7 Å². The number of hydrogen-bond acceptors (Lipinski definition) is 9. The van der Waals surface area contributed by atoms with E-state index in [1.54, 1.807) is 24.3 Å². The molecule has 0 bridgehead atoms. The number of hydrogen-bond donors (Lipinski definition) is 0. The van der Waals surface area contributed by atoms with Crippen LogP contribution >= 0.6 is 0 Å². The summed E-state index contributed by atoms with van der Waals surface area (Å²) in [5, 5.41) is 0. The minimum absolute atomic E-state index is 0.0781. The third-order valence-corrected chi connectivity index (χ3v) is 9.77. The smallest absolute Gasteiger partial charge is 0.297 e. The molecule has 6 atom stereocenters. The first-order valence-corrected chi connectivity index (χ1v) is 15.8. The minimum atomic E-state index is -4.37. The van der Waals surface area contributed by atoms with Gasteiger partial charge in [0.15, 0.2) is 12.4 Å². The zero-order chi connectivity index (χ0) is 28.5. The second kappa shape index (κ2) is 11.7. The molecule has 0 aromatic heterocycles. The number of aryl methyl sites for hydroxylation is 2. The Kier molecular flexibility index (Phi) is 8.44. The third-order valence-electron chi connectivity index (χ3n) is 7.12. The fourth-order valence-corrected chi connectivity index (χ4v) is 7.14. The molecule has 2 saturated heterocycles. The summed E-state index contributed by atoms with van der Waals surface area (Å²) in [6, 6.07) is 21.8. The molecule has 0 N–H and O–H groups in total. The van der Waals surface area contributed by atoms with Gasteiger partial charge in [0.2, 0.25) is 0 Å². The van der Waals surface area contributed by atoms with E-state index >= 15 is 0 Å². The molecule has 214 valence electrons. The minimum Gasteiger partial charge on any atom is -0.365 e. The second-order valence-corrected chi connectivity index (χ2v) is 13.2. The van der Waals surface area contributed by atoms with Crippen molar-refractivity contribution < 1.29 is 39.4 Å². The van der Waals surface area contributed by atoms with E-state index in [9.17, 15) is 16.8 Å². The third kappa shape index (κ3) is 6.15. The summed E-state index contributed by atoms with van der Waals surface area (Å²) >= 11 is 0. The first-order valence-electron chi connectivity index (χ1n) is 13.0. The molecule has 40 heavy (non-hydrogen) atoms. The topological polar surface area (TPSA) is 114 Å². The van der Waals surface area contributed by atoms with Gasteiger partial charge < -0.3 is 14.2 Å². The van der Waals surface area contributed by atoms with E-state index in [1.807, 2.05) is 44.2 Å². The van der Waals surface area contributed by atoms with E-state index in [1.165, 1.54) is 31.4 Å². The van der Waals surface area contributed by atoms with Crippen LogP contribution in [0.15, 0.2) is 88.7 Å². The molecule has 0 radical (unpaired) electrons. The van der Waals surface area contributed by atoms with E-state index in [0.29, 0.717) is 12.8 Å². The van der Waals surface area contributed by atoms with Crippen molar-refractivity contribution in [2.75, 3.05) is 7.11 Å². The van der Waals surface area contributed by atoms with E-state index in [-0.39, 0.29) is 15.9 Å². The molecule has 5 rings (SSSR count). The van der Waals surface area contributed by atoms with Crippen molar-refractivity contribution >= 4 is 20.2 Å². The highest BCUT2D eigenvalue weighted by atomic mass is 32.2. The zero-order valence-electron chi connectivity index (χ0n) is 22.4. The van der Waals surface area contributed by atoms with Crippen molar-refractivity contribution in [3.63, 3.8) is 0 Å². The highest BCUT2D eigenvalue weighted by molar-refractivity contribution is 7.87. The molecular weight excluding hydrogens is 556 g/mol. The van der Waals surface area contributed by atoms with Crippen molar-refractivity contribution in [3.8, 4) is 0 Å². The Morgan fingerprint density at radius 2 is 1.20 bits per heavy atom. The van der Waals surface area contributed by atoms with E-state index in [2.05, 4.69) is 0 Å². The first kappa shape index (κ1) is 28.9. The summed E-state index contributed by atoms with van der Waals surface area (Å²) in [5.41, 5.74) is 2.64. The Balaban J connectivity index is 1.53. The van der Waals surface area contributed by atoms with E-state index < -0.39 is 50.9 Å². The summed E-state index contributed by atoms with van der Waals surface area (Å²) in [5.74, 6) is 0. The van der Waals surface area contributed by atoms with Gasteiger partial charge >= 0.3 is 0 Å². The lowest BCUT2D eigenvalue weighted by molar-refractivity contribution is -0.305. The van der Waals surface area contributed by atoms with Gasteiger partial charge in [-0.05, 0) is 56.5 Å². The summed E-state index contributed by atoms with van der Waals surface area (Å²) in [4.78, 5) is -0.174. The summed E-state index contributed by atoms with van der Waals surface area (Å²) < 4.78 is 83.1. The monoisotopic (exact) mass is 588 g/mol. The maximum atomic E-state index is 13.5. The average molecular weight is 589 g/mol. The number of fused-ring (bicyclic) bond motifs is 1. The first-order chi connectivity index (χ1) is 19.1. The standard InChI is InChI=1S/C29H32O9S2/c1-19-9-13-22(14-10-19)39(30,31)37-27-26-25(18-17-24(35-26)21-7-5-4-6-8-21)36-29(34-3)28(27)38-40(32,33)23-15-11-20(2)12-16-23/h4-16,24-29H,17-18H2,1-3H3. The number of benzene rings is 3. The van der Waals surface area contributed by atoms with Crippen LogP contribution in [-0.2, 0) is 42.8 Å². The maximum absolute atomic E-state index is 13.5. The molecular formula is C29H32O9S2. The highest BCUT2D eigenvalue weighted by Crippen LogP contribution is 2.41. The maximum Gasteiger partial charge on any atom is 0.297 e. The zero-order valence-corrected chi connectivity index (χ0v) is 24.0. The normalized spacial score (nSPS) is 27.2. The van der Waals surface area contributed by atoms with Gasteiger partial charge in [0.05, 0.1) is 22.0 Å². The van der Waals surface area contributed by atoms with Crippen LogP contribution < -0.4 is 0 Å². The highest BCUT2D eigenvalue weighted by Gasteiger charge is 2.54. The Morgan fingerprint density at radius 1 is 0.675 bits per heavy atom. The lowest BCUT2D eigenvalue weighted by Gasteiger charge is -2.48. The SMILES string of the molecule is COC1OC2CCC(c3ccccc3)OC2C(OS(=O)(=O)c2ccc(C)cc2)C1OS(=O)(=O)c1ccc(C)cc1. The van der Waals surface area contributed by atoms with Gasteiger partial charge in [-0.2, -0.15) is 16.8 Å². The van der Waals surface area contributed by atoms with Crippen LogP contribution in [0.5, 0.6) is 0 Å². The summed E-state index contributed by atoms with van der Waals surface area (Å²) in [6.45, 7) is 3.67. The molecule has 11 heteroatoms. The molecule has 2 heterocycles. The lowest BCUT2D eigenvalue weighted by Crippen LogP contribution is -2.62. The quantitative estimate of drug-likeness (QED) is 0.352. The molecule has 0 spiro atoms. The van der Waals surface area contributed by atoms with Gasteiger partial charge in [-0.3, -0.25) is 8.37 Å². The second-order valence-electron chi connectivity index (χ2n) is 10.0. The van der Waals surface area contributed by atoms with Gasteiger partial charge in [-0.15, -0.1) is 0 Å². The van der Waals surface area contributed by atoms with Crippen molar-refractivity contribution in [2.24, 2.45) is 0 Å². The molecule has 2 fully saturated rings. The van der Waals surface area contributed by atoms with Crippen molar-refractivity contribution in [3.05, 3.63) is 95.6 Å². The Bertz CT molecular complexity index is 1510. The van der Waals surface area contributed by atoms with Gasteiger partial charge in [0.1, 0.15) is 12.2 Å². The van der Waals surface area contributed by atoms with Crippen LogP contribution in [0, 0.1) is 13.8 Å². The van der Waals surface area contributed by atoms with Gasteiger partial charge in [-0.25, -0.2) is 0 Å². The van der Waals surface area contributed by atoms with Gasteiger partial charge in [0.25, 0.3) is 20.2 Å². The fraction of sp³-hybridized carbons (Fsp3) is 0.379. The van der Waals surface area contributed by atoms with Crippen molar-refractivity contribution in [2.45, 2.75) is 73.3 Å². The van der Waals surface area contributed by atoms with E-state index in [4.69, 9.17) is 22.6 Å². The Labute approximate surface area is 235 Å². The molecule has 0 aliphatic carbocycles. The van der Waals surface area contributed by atoms with Crippen molar-refractivity contribution in [1.29, 1.82) is 0 Å². The predicted molar refractivity (Wildman–Crippen MR) is 145 cm³/mol. The molecule has 0 saturated carbocycles. The van der Waals surface area contributed by atoms with Crippen LogP contribution in [0.1, 0.15) is 35.6 Å². The molecule has 2 aliphatic rings. The molecule has 6 unspecified atom stereocenters. The Morgan fingerprint density at radius 3 is 1.73 bits per heavy atom. The molecule has 2 aliphatic heterocycles. The van der Waals surface area contributed by atoms with Crippen LogP contribution in [0.25, 0.3) is 0 Å². The van der Waals surface area contributed by atoms with Crippen LogP contribution in [0.2, 0.25) is 0 Å². The largest absolute Gasteiger partial charge is 0.365 e. The number of ether oxygens (including phenoxy) is 3. The van der Waals surface area contributed by atoms with Crippen LogP contribution in [0.3, 0.4) is 0 Å². The summed E-state index contributed by atoms with van der Waals surface area (Å²) in [7, 11) is -7.40. The number of rotatable bonds is 8. The fourth-order valence-electron chi connectivity index (χ4n) is 4.98. The molecule has 3 aromatic carbocycles. The van der Waals surface area contributed by atoms with Crippen LogP contribution in [-0.4, -0.2) is 54.7 Å². The van der Waals surface area contributed by atoms with Crippen molar-refractivity contribution in [1.82, 2.24) is 0 Å². The number of methoxy groups -OCH3 is 1. The van der Waals surface area contributed by atoms with Gasteiger partial charge in [0, 0.05) is 7.11 Å². The molecule has 9 nitrogen and oxygen atoms in total. The van der Waals surface area contributed by atoms with Crippen LogP contribution in [0.4, 0.5) is 0 Å². The van der Waals surface area contributed by atoms with Gasteiger partial charge in [-0.1, -0.05) is 65.7 Å². The lowest BCUT2D eigenvalue weighted by atomic mass is 9.90. The molecule has 0 amide bonds. The summed E-state index contributed by atoms with van der Waals surface area (Å²) in [6.07, 6.45) is -5.00.